The van der Waals surface area contributed by atoms with Crippen molar-refractivity contribution in [3.05, 3.63) is 42.7 Å². The maximum absolute atomic E-state index is 13.0. The number of amides is 1. The zero-order chi connectivity index (χ0) is 24.2. The Morgan fingerprint density at radius 2 is 1.89 bits per heavy atom. The predicted molar refractivity (Wildman–Crippen MR) is 132 cm³/mol. The Morgan fingerprint density at radius 1 is 1.11 bits per heavy atom. The summed E-state index contributed by atoms with van der Waals surface area (Å²) in [6, 6.07) is 10.1. The molecule has 0 unspecified atom stereocenters. The molecule has 2 aromatic heterocycles. The van der Waals surface area contributed by atoms with Crippen LogP contribution in [-0.4, -0.2) is 85.5 Å². The van der Waals surface area contributed by atoms with Gasteiger partial charge in [0, 0.05) is 63.4 Å². The lowest BCUT2D eigenvalue weighted by molar-refractivity contribution is -0.147. The van der Waals surface area contributed by atoms with E-state index in [1.54, 1.807) is 12.4 Å². The van der Waals surface area contributed by atoms with E-state index in [2.05, 4.69) is 27.0 Å². The van der Waals surface area contributed by atoms with E-state index in [1.165, 1.54) is 0 Å². The van der Waals surface area contributed by atoms with Gasteiger partial charge in [0.15, 0.2) is 5.52 Å². The Bertz CT molecular complexity index is 1160. The van der Waals surface area contributed by atoms with E-state index in [-0.39, 0.29) is 24.5 Å². The number of fused-ring (bicyclic) bond motifs is 1. The molecule has 1 atom stereocenters. The number of aromatic nitrogens is 3. The van der Waals surface area contributed by atoms with Crippen molar-refractivity contribution in [2.45, 2.75) is 18.9 Å². The summed E-state index contributed by atoms with van der Waals surface area (Å²) in [6.45, 7) is 3.19. The molecule has 9 heteroatoms. The fourth-order valence-electron chi connectivity index (χ4n) is 4.52. The van der Waals surface area contributed by atoms with Crippen LogP contribution in [-0.2, 0) is 14.3 Å². The van der Waals surface area contributed by atoms with Gasteiger partial charge in [-0.2, -0.15) is 0 Å². The van der Waals surface area contributed by atoms with Gasteiger partial charge in [-0.05, 0) is 31.0 Å². The molecule has 5 rings (SSSR count). The SMILES string of the molecule is CN(C)c1ccc(-c2cc3nccnc3c(OC[C@@H]3CN(C(=O)C4CCOCC4)CCO3)n2)cc1. The largest absolute Gasteiger partial charge is 0.473 e. The fourth-order valence-corrected chi connectivity index (χ4v) is 4.52. The van der Waals surface area contributed by atoms with Crippen LogP contribution in [0.5, 0.6) is 5.88 Å². The van der Waals surface area contributed by atoms with Crippen LogP contribution in [0, 0.1) is 5.92 Å². The third-order valence-corrected chi connectivity index (χ3v) is 6.53. The number of hydrogen-bond donors (Lipinski definition) is 0. The van der Waals surface area contributed by atoms with Gasteiger partial charge < -0.3 is 24.0 Å². The second-order valence-electron chi connectivity index (χ2n) is 9.15. The number of ether oxygens (including phenoxy) is 3. The van der Waals surface area contributed by atoms with E-state index in [9.17, 15) is 4.79 Å². The van der Waals surface area contributed by atoms with Gasteiger partial charge in [0.2, 0.25) is 11.8 Å². The number of pyridine rings is 1. The molecule has 0 radical (unpaired) electrons. The second kappa shape index (κ2) is 10.5. The van der Waals surface area contributed by atoms with E-state index in [1.807, 2.05) is 37.2 Å². The molecular weight excluding hydrogens is 446 g/mol. The van der Waals surface area contributed by atoms with Crippen LogP contribution >= 0.6 is 0 Å². The van der Waals surface area contributed by atoms with Gasteiger partial charge in [0.05, 0.1) is 24.4 Å². The second-order valence-corrected chi connectivity index (χ2v) is 9.15. The standard InChI is InChI=1S/C26H31N5O4/c1-30(2)20-5-3-18(4-6-20)22-15-23-24(28-10-9-27-23)25(29-22)35-17-21-16-31(11-14-34-21)26(32)19-7-12-33-13-8-19/h3-6,9-10,15,19,21H,7-8,11-14,16-17H2,1-2H3/t21-/m0/s1. The molecule has 0 N–H and O–H groups in total. The maximum Gasteiger partial charge on any atom is 0.242 e. The summed E-state index contributed by atoms with van der Waals surface area (Å²) in [5, 5.41) is 0. The lowest BCUT2D eigenvalue weighted by Gasteiger charge is -2.35. The van der Waals surface area contributed by atoms with Crippen molar-refractivity contribution >= 4 is 22.6 Å². The van der Waals surface area contributed by atoms with Crippen molar-refractivity contribution in [1.29, 1.82) is 0 Å². The van der Waals surface area contributed by atoms with Crippen LogP contribution in [0.1, 0.15) is 12.8 Å². The molecule has 2 aliphatic heterocycles. The third kappa shape index (κ3) is 5.36. The normalized spacial score (nSPS) is 19.0. The Kier molecular flexibility index (Phi) is 7.06. The van der Waals surface area contributed by atoms with Crippen LogP contribution < -0.4 is 9.64 Å². The first-order valence-corrected chi connectivity index (χ1v) is 12.1. The Hall–Kier alpha value is -3.30. The molecule has 2 fully saturated rings. The Morgan fingerprint density at radius 3 is 2.66 bits per heavy atom. The minimum atomic E-state index is -0.232. The zero-order valence-electron chi connectivity index (χ0n) is 20.2. The van der Waals surface area contributed by atoms with E-state index in [0.717, 1.165) is 29.8 Å². The molecule has 2 aliphatic rings. The van der Waals surface area contributed by atoms with Crippen LogP contribution in [0.2, 0.25) is 0 Å². The number of nitrogens with zero attached hydrogens (tertiary/aromatic N) is 5. The van der Waals surface area contributed by atoms with Crippen molar-refractivity contribution < 1.29 is 19.0 Å². The molecule has 1 amide bonds. The number of hydrogen-bond acceptors (Lipinski definition) is 8. The first-order chi connectivity index (χ1) is 17.1. The first-order valence-electron chi connectivity index (χ1n) is 12.1. The highest BCUT2D eigenvalue weighted by molar-refractivity contribution is 5.83. The van der Waals surface area contributed by atoms with Gasteiger partial charge in [-0.1, -0.05) is 12.1 Å². The Labute approximate surface area is 205 Å². The van der Waals surface area contributed by atoms with Gasteiger partial charge in [0.25, 0.3) is 0 Å². The molecule has 2 saturated heterocycles. The Balaban J connectivity index is 1.31. The number of carbonyl (C=O) groups is 1. The predicted octanol–water partition coefficient (Wildman–Crippen LogP) is 2.79. The quantitative estimate of drug-likeness (QED) is 0.536. The van der Waals surface area contributed by atoms with Gasteiger partial charge in [-0.15, -0.1) is 0 Å². The number of anilines is 1. The van der Waals surface area contributed by atoms with E-state index in [4.69, 9.17) is 19.2 Å². The highest BCUT2D eigenvalue weighted by atomic mass is 16.5. The summed E-state index contributed by atoms with van der Waals surface area (Å²) in [6.07, 6.45) is 4.63. The summed E-state index contributed by atoms with van der Waals surface area (Å²) in [5.41, 5.74) is 4.16. The molecule has 0 saturated carbocycles. The molecule has 184 valence electrons. The van der Waals surface area contributed by atoms with Crippen molar-refractivity contribution in [1.82, 2.24) is 19.9 Å². The smallest absolute Gasteiger partial charge is 0.242 e. The first kappa shape index (κ1) is 23.4. The molecule has 0 aliphatic carbocycles. The van der Waals surface area contributed by atoms with Crippen LogP contribution in [0.15, 0.2) is 42.7 Å². The average Bonchev–Trinajstić information content (AvgIpc) is 2.92. The van der Waals surface area contributed by atoms with Crippen LogP contribution in [0.3, 0.4) is 0 Å². The number of benzene rings is 1. The summed E-state index contributed by atoms with van der Waals surface area (Å²) < 4.78 is 17.5. The molecule has 35 heavy (non-hydrogen) atoms. The van der Waals surface area contributed by atoms with Crippen molar-refractivity contribution in [3.63, 3.8) is 0 Å². The van der Waals surface area contributed by atoms with Gasteiger partial charge in [-0.25, -0.2) is 9.97 Å². The fraction of sp³-hybridized carbons (Fsp3) is 0.462. The summed E-state index contributed by atoms with van der Waals surface area (Å²) in [7, 11) is 4.02. The molecule has 9 nitrogen and oxygen atoms in total. The highest BCUT2D eigenvalue weighted by Gasteiger charge is 2.31. The minimum absolute atomic E-state index is 0.0415. The molecule has 0 bridgehead atoms. The van der Waals surface area contributed by atoms with Gasteiger partial charge in [0.1, 0.15) is 12.7 Å². The molecule has 3 aromatic rings. The highest BCUT2D eigenvalue weighted by Crippen LogP contribution is 2.28. The summed E-state index contributed by atoms with van der Waals surface area (Å²) in [5.74, 6) is 0.651. The lowest BCUT2D eigenvalue weighted by Crippen LogP contribution is -2.50. The monoisotopic (exact) mass is 477 g/mol. The summed E-state index contributed by atoms with van der Waals surface area (Å²) in [4.78, 5) is 30.6. The summed E-state index contributed by atoms with van der Waals surface area (Å²) >= 11 is 0. The third-order valence-electron chi connectivity index (χ3n) is 6.53. The molecular formula is C26H31N5O4. The van der Waals surface area contributed by atoms with Gasteiger partial charge in [-0.3, -0.25) is 9.78 Å². The van der Waals surface area contributed by atoms with Crippen molar-refractivity contribution in [2.24, 2.45) is 5.92 Å². The van der Waals surface area contributed by atoms with Crippen molar-refractivity contribution in [2.75, 3.05) is 58.5 Å². The molecule has 1 aromatic carbocycles. The average molecular weight is 478 g/mol. The zero-order valence-corrected chi connectivity index (χ0v) is 20.2. The minimum Gasteiger partial charge on any atom is -0.473 e. The van der Waals surface area contributed by atoms with Crippen molar-refractivity contribution in [3.8, 4) is 17.1 Å². The lowest BCUT2D eigenvalue weighted by atomic mass is 9.98. The van der Waals surface area contributed by atoms with E-state index in [0.29, 0.717) is 49.8 Å². The number of carbonyl (C=O) groups excluding carboxylic acids is 1. The van der Waals surface area contributed by atoms with E-state index >= 15 is 0 Å². The van der Waals surface area contributed by atoms with Crippen LogP contribution in [0.25, 0.3) is 22.3 Å². The number of morpholine rings is 1. The molecule has 4 heterocycles. The van der Waals surface area contributed by atoms with Gasteiger partial charge >= 0.3 is 0 Å². The maximum atomic E-state index is 13.0. The topological polar surface area (TPSA) is 89.9 Å². The molecule has 0 spiro atoms. The van der Waals surface area contributed by atoms with Crippen LogP contribution in [0.4, 0.5) is 5.69 Å². The van der Waals surface area contributed by atoms with E-state index < -0.39 is 0 Å². The number of rotatable bonds is 6.